The lowest BCUT2D eigenvalue weighted by atomic mass is 10.0. The predicted octanol–water partition coefficient (Wildman–Crippen LogP) is 0.636. The molecule has 204 valence electrons. The Morgan fingerprint density at radius 1 is 1.14 bits per heavy atom. The second-order valence-electron chi connectivity index (χ2n) is 7.18. The van der Waals surface area contributed by atoms with Crippen LogP contribution in [-0.2, 0) is 9.59 Å². The molecule has 1 aromatic rings. The molecular weight excluding hydrogens is 554 g/mol. The van der Waals surface area contributed by atoms with Gasteiger partial charge < -0.3 is 35.9 Å². The van der Waals surface area contributed by atoms with Crippen molar-refractivity contribution in [3.63, 3.8) is 0 Å². The summed E-state index contributed by atoms with van der Waals surface area (Å²) >= 11 is 10.7. The van der Waals surface area contributed by atoms with E-state index in [1.54, 1.807) is 0 Å². The molecule has 1 aliphatic heterocycles. The van der Waals surface area contributed by atoms with Crippen LogP contribution in [-0.4, -0.2) is 105 Å². The summed E-state index contributed by atoms with van der Waals surface area (Å²) in [5.41, 5.74) is 0.169. The third-order valence-electron chi connectivity index (χ3n) is 4.79. The van der Waals surface area contributed by atoms with Crippen molar-refractivity contribution in [2.75, 3.05) is 46.4 Å². The fourth-order valence-electron chi connectivity index (χ4n) is 2.82. The van der Waals surface area contributed by atoms with E-state index in [-0.39, 0.29) is 42.4 Å². The van der Waals surface area contributed by atoms with Gasteiger partial charge in [-0.1, -0.05) is 23.2 Å². The third-order valence-corrected chi connectivity index (χ3v) is 5.18. The molecule has 35 heavy (non-hydrogen) atoms. The molecule has 0 aromatic heterocycles. The lowest BCUT2D eigenvalue weighted by Gasteiger charge is -2.31. The maximum atomic E-state index is 11.3. The SMILES string of the molecule is CN1CCN(CCC(=O)O)CC1.Cl.Cl.O.O=C(N[C@H](CO)[C@H](O)c1ccc([N+](=O)[O-])cc1)C(Cl)Cl. The summed E-state index contributed by atoms with van der Waals surface area (Å²) in [6.07, 6.45) is -0.985. The van der Waals surface area contributed by atoms with E-state index in [2.05, 4.69) is 22.2 Å². The minimum Gasteiger partial charge on any atom is -0.481 e. The Balaban J connectivity index is -0.000000594. The van der Waals surface area contributed by atoms with Crippen LogP contribution in [0, 0.1) is 10.1 Å². The minimum absolute atomic E-state index is 0. The molecule has 0 spiro atoms. The van der Waals surface area contributed by atoms with Gasteiger partial charge >= 0.3 is 5.97 Å². The van der Waals surface area contributed by atoms with Crippen LogP contribution >= 0.6 is 48.0 Å². The lowest BCUT2D eigenvalue weighted by Crippen LogP contribution is -2.44. The topological polar surface area (TPSA) is 188 Å². The molecule has 0 bridgehead atoms. The van der Waals surface area contributed by atoms with Crippen molar-refractivity contribution in [3.05, 3.63) is 39.9 Å². The number of carboxylic acids is 1. The lowest BCUT2D eigenvalue weighted by molar-refractivity contribution is -0.384. The van der Waals surface area contributed by atoms with E-state index in [1.165, 1.54) is 24.3 Å². The molecule has 1 saturated heterocycles. The summed E-state index contributed by atoms with van der Waals surface area (Å²) in [5, 5.41) is 40.4. The number of nitrogens with one attached hydrogen (secondary N) is 1. The number of hydrogen-bond donors (Lipinski definition) is 4. The largest absolute Gasteiger partial charge is 0.481 e. The fourth-order valence-corrected chi connectivity index (χ4v) is 2.95. The van der Waals surface area contributed by atoms with E-state index in [9.17, 15) is 24.8 Å². The average molecular weight is 586 g/mol. The summed E-state index contributed by atoms with van der Waals surface area (Å²) in [7, 11) is 2.09. The number of nitro groups is 1. The smallest absolute Gasteiger partial charge is 0.304 e. The van der Waals surface area contributed by atoms with Crippen molar-refractivity contribution < 1.29 is 35.3 Å². The fraction of sp³-hybridized carbons (Fsp3) is 0.579. The van der Waals surface area contributed by atoms with Crippen molar-refractivity contribution >= 4 is 65.6 Å². The van der Waals surface area contributed by atoms with Crippen molar-refractivity contribution in [1.82, 2.24) is 15.1 Å². The van der Waals surface area contributed by atoms with Crippen LogP contribution in [0.3, 0.4) is 0 Å². The number of nitrogens with zero attached hydrogens (tertiary/aromatic N) is 3. The van der Waals surface area contributed by atoms with E-state index in [1.807, 2.05) is 0 Å². The molecule has 0 unspecified atom stereocenters. The summed E-state index contributed by atoms with van der Waals surface area (Å²) in [4.78, 5) is 34.6. The number of piperazine rings is 1. The van der Waals surface area contributed by atoms with Crippen LogP contribution < -0.4 is 5.32 Å². The first-order valence-electron chi connectivity index (χ1n) is 9.79. The van der Waals surface area contributed by atoms with Crippen LogP contribution in [0.15, 0.2) is 24.3 Å². The van der Waals surface area contributed by atoms with Crippen molar-refractivity contribution in [2.24, 2.45) is 0 Å². The molecule has 2 rings (SSSR count). The molecule has 1 aromatic carbocycles. The summed E-state index contributed by atoms with van der Waals surface area (Å²) in [6, 6.07) is 4.05. The van der Waals surface area contributed by atoms with Gasteiger partial charge in [-0.25, -0.2) is 0 Å². The molecule has 16 heteroatoms. The van der Waals surface area contributed by atoms with Crippen molar-refractivity contribution in [1.29, 1.82) is 0 Å². The number of carboxylic acid groups (broad SMARTS) is 1. The van der Waals surface area contributed by atoms with Gasteiger partial charge in [0.1, 0.15) is 6.10 Å². The standard InChI is InChI=1S/C11H12Cl2N2O5.C8H16N2O2.2ClH.H2O/c12-10(13)11(18)14-8(5-16)9(17)6-1-3-7(4-2-6)15(19)20;1-9-4-6-10(7-5-9)3-2-8(11)12;;;/h1-4,8-10,16-17H,5H2,(H,14,18);2-7H2,1H3,(H,11,12);2*1H;1H2/t8-,9-;;;;/m1..../s1. The highest BCUT2D eigenvalue weighted by atomic mass is 35.5. The number of likely N-dealkylation sites (N-methyl/N-ethyl adjacent to an activating group) is 1. The number of aliphatic hydroxyl groups is 2. The first kappa shape index (κ1) is 38.1. The normalized spacial score (nSPS) is 15.1. The molecule has 0 radical (unpaired) electrons. The quantitative estimate of drug-likeness (QED) is 0.183. The number of rotatable bonds is 9. The molecule has 12 nitrogen and oxygen atoms in total. The monoisotopic (exact) mass is 584 g/mol. The second kappa shape index (κ2) is 19.7. The number of alkyl halides is 2. The molecule has 1 fully saturated rings. The highest BCUT2D eigenvalue weighted by Crippen LogP contribution is 2.20. The number of carbonyl (C=O) groups excluding carboxylic acids is 1. The molecule has 2 atom stereocenters. The van der Waals surface area contributed by atoms with E-state index in [4.69, 9.17) is 33.4 Å². The number of benzene rings is 1. The maximum absolute atomic E-state index is 11.3. The number of halogens is 4. The van der Waals surface area contributed by atoms with Crippen LogP contribution in [0.5, 0.6) is 0 Å². The molecule has 6 N–H and O–H groups in total. The van der Waals surface area contributed by atoms with Crippen molar-refractivity contribution in [2.45, 2.75) is 23.4 Å². The number of aliphatic hydroxyl groups excluding tert-OH is 2. The van der Waals surface area contributed by atoms with Gasteiger partial charge in [0, 0.05) is 44.9 Å². The zero-order valence-electron chi connectivity index (χ0n) is 18.9. The summed E-state index contributed by atoms with van der Waals surface area (Å²) in [6.45, 7) is 4.26. The Hall–Kier alpha value is -1.48. The number of nitro benzene ring substituents is 1. The van der Waals surface area contributed by atoms with E-state index < -0.39 is 40.4 Å². The van der Waals surface area contributed by atoms with Crippen LogP contribution in [0.2, 0.25) is 0 Å². The van der Waals surface area contributed by atoms with Gasteiger partial charge in [0.2, 0.25) is 0 Å². The Morgan fingerprint density at radius 2 is 1.66 bits per heavy atom. The molecule has 0 aliphatic carbocycles. The van der Waals surface area contributed by atoms with Gasteiger partial charge in [0.25, 0.3) is 11.6 Å². The minimum atomic E-state index is -1.33. The van der Waals surface area contributed by atoms with Gasteiger partial charge in [-0.05, 0) is 24.7 Å². The van der Waals surface area contributed by atoms with Crippen LogP contribution in [0.25, 0.3) is 0 Å². The Morgan fingerprint density at radius 3 is 2.06 bits per heavy atom. The van der Waals surface area contributed by atoms with Gasteiger partial charge in [0.05, 0.1) is 24.0 Å². The highest BCUT2D eigenvalue weighted by molar-refractivity contribution is 6.53. The highest BCUT2D eigenvalue weighted by Gasteiger charge is 2.24. The Labute approximate surface area is 225 Å². The van der Waals surface area contributed by atoms with Crippen LogP contribution in [0.1, 0.15) is 18.1 Å². The van der Waals surface area contributed by atoms with Gasteiger partial charge in [-0.15, -0.1) is 24.8 Å². The number of amides is 1. The first-order valence-corrected chi connectivity index (χ1v) is 10.7. The third kappa shape index (κ3) is 14.6. The molecule has 1 heterocycles. The Bertz CT molecular complexity index is 753. The van der Waals surface area contributed by atoms with Crippen molar-refractivity contribution in [3.8, 4) is 0 Å². The van der Waals surface area contributed by atoms with Gasteiger partial charge in [0.15, 0.2) is 4.84 Å². The molecule has 1 aliphatic rings. The maximum Gasteiger partial charge on any atom is 0.304 e. The number of non-ortho nitro benzene ring substituents is 1. The summed E-state index contributed by atoms with van der Waals surface area (Å²) < 4.78 is 0. The Kier molecular flexibility index (Phi) is 21.4. The zero-order chi connectivity index (χ0) is 24.3. The van der Waals surface area contributed by atoms with E-state index >= 15 is 0 Å². The average Bonchev–Trinajstić information content (AvgIpc) is 2.76. The number of carbonyl (C=O) groups is 2. The predicted molar refractivity (Wildman–Crippen MR) is 137 cm³/mol. The first-order chi connectivity index (χ1) is 15.0. The summed E-state index contributed by atoms with van der Waals surface area (Å²) in [5.74, 6) is -1.46. The number of aliphatic carboxylic acids is 1. The van der Waals surface area contributed by atoms with Gasteiger partial charge in [-0.2, -0.15) is 0 Å². The van der Waals surface area contributed by atoms with Crippen LogP contribution in [0.4, 0.5) is 5.69 Å². The molecule has 1 amide bonds. The molecular formula is C19H32Cl4N4O8. The zero-order valence-corrected chi connectivity index (χ0v) is 22.0. The van der Waals surface area contributed by atoms with E-state index in [0.717, 1.165) is 26.2 Å². The molecule has 0 saturated carbocycles. The van der Waals surface area contributed by atoms with E-state index in [0.29, 0.717) is 12.1 Å². The second-order valence-corrected chi connectivity index (χ2v) is 8.28. The number of hydrogen-bond acceptors (Lipinski definition) is 8. The van der Waals surface area contributed by atoms with Gasteiger partial charge in [-0.3, -0.25) is 19.7 Å².